The van der Waals surface area contributed by atoms with E-state index < -0.39 is 0 Å². The fourth-order valence-electron chi connectivity index (χ4n) is 2.26. The van der Waals surface area contributed by atoms with Crippen LogP contribution in [0.3, 0.4) is 0 Å². The van der Waals surface area contributed by atoms with E-state index in [2.05, 4.69) is 55.6 Å². The summed E-state index contributed by atoms with van der Waals surface area (Å²) >= 11 is 1.77. The van der Waals surface area contributed by atoms with E-state index in [0.717, 1.165) is 17.2 Å². The topological polar surface area (TPSA) is 55.9 Å². The maximum absolute atomic E-state index is 6.20. The van der Waals surface area contributed by atoms with Gasteiger partial charge in [-0.05, 0) is 38.1 Å². The highest BCUT2D eigenvalue weighted by Crippen LogP contribution is 2.34. The lowest BCUT2D eigenvalue weighted by Gasteiger charge is -2.24. The number of nitrogen functional groups attached to an aromatic ring is 1. The molecule has 0 spiro atoms. The Morgan fingerprint density at radius 2 is 2.00 bits per heavy atom. The Labute approximate surface area is 125 Å². The van der Waals surface area contributed by atoms with Crippen molar-refractivity contribution in [2.24, 2.45) is 5.92 Å². The SMILES string of the molecule is Cc1nn(C(C)C)c(NC(c2cccs2)C(C)C)c1N. The Hall–Kier alpha value is -1.49. The van der Waals surface area contributed by atoms with Gasteiger partial charge in [0, 0.05) is 10.9 Å². The van der Waals surface area contributed by atoms with Crippen molar-refractivity contribution in [3.8, 4) is 0 Å². The third-order valence-corrected chi connectivity index (χ3v) is 4.38. The minimum absolute atomic E-state index is 0.255. The summed E-state index contributed by atoms with van der Waals surface area (Å²) in [4.78, 5) is 1.33. The van der Waals surface area contributed by atoms with Crippen LogP contribution in [0.4, 0.5) is 11.5 Å². The maximum atomic E-state index is 6.20. The van der Waals surface area contributed by atoms with Gasteiger partial charge in [0.2, 0.25) is 0 Å². The Kier molecular flexibility index (Phi) is 4.38. The predicted molar refractivity (Wildman–Crippen MR) is 87.3 cm³/mol. The van der Waals surface area contributed by atoms with Gasteiger partial charge in [0.15, 0.2) is 0 Å². The number of hydrogen-bond donors (Lipinski definition) is 2. The molecule has 1 atom stereocenters. The van der Waals surface area contributed by atoms with Crippen molar-refractivity contribution in [2.75, 3.05) is 11.1 Å². The quantitative estimate of drug-likeness (QED) is 0.867. The fourth-order valence-corrected chi connectivity index (χ4v) is 3.21. The molecule has 0 aliphatic heterocycles. The number of rotatable bonds is 5. The van der Waals surface area contributed by atoms with Crippen molar-refractivity contribution >= 4 is 22.8 Å². The predicted octanol–water partition coefficient (Wildman–Crippen LogP) is 4.23. The molecular weight excluding hydrogens is 268 g/mol. The molecule has 3 N–H and O–H groups in total. The molecule has 4 nitrogen and oxygen atoms in total. The van der Waals surface area contributed by atoms with E-state index in [1.54, 1.807) is 11.3 Å². The molecule has 0 aliphatic carbocycles. The van der Waals surface area contributed by atoms with Crippen molar-refractivity contribution in [1.29, 1.82) is 0 Å². The molecule has 5 heteroatoms. The molecule has 0 bridgehead atoms. The van der Waals surface area contributed by atoms with Gasteiger partial charge in [0.25, 0.3) is 0 Å². The minimum atomic E-state index is 0.255. The zero-order valence-electron chi connectivity index (χ0n) is 12.8. The van der Waals surface area contributed by atoms with E-state index in [4.69, 9.17) is 5.73 Å². The normalized spacial score (nSPS) is 13.2. The van der Waals surface area contributed by atoms with E-state index in [0.29, 0.717) is 5.92 Å². The summed E-state index contributed by atoms with van der Waals surface area (Å²) < 4.78 is 1.98. The summed E-state index contributed by atoms with van der Waals surface area (Å²) in [5.41, 5.74) is 7.84. The van der Waals surface area contributed by atoms with Crippen LogP contribution in [0.25, 0.3) is 0 Å². The average molecular weight is 292 g/mol. The maximum Gasteiger partial charge on any atom is 0.148 e. The van der Waals surface area contributed by atoms with Gasteiger partial charge in [-0.2, -0.15) is 5.10 Å². The van der Waals surface area contributed by atoms with Crippen LogP contribution in [0.15, 0.2) is 17.5 Å². The largest absolute Gasteiger partial charge is 0.394 e. The first-order valence-corrected chi connectivity index (χ1v) is 7.94. The Morgan fingerprint density at radius 3 is 2.50 bits per heavy atom. The second-order valence-electron chi connectivity index (χ2n) is 5.77. The van der Waals surface area contributed by atoms with E-state index in [1.165, 1.54) is 4.88 Å². The Morgan fingerprint density at radius 1 is 1.30 bits per heavy atom. The van der Waals surface area contributed by atoms with Gasteiger partial charge in [0.05, 0.1) is 17.4 Å². The van der Waals surface area contributed by atoms with E-state index in [9.17, 15) is 0 Å². The van der Waals surface area contributed by atoms with E-state index >= 15 is 0 Å². The summed E-state index contributed by atoms with van der Waals surface area (Å²) in [6.45, 7) is 10.6. The molecule has 0 fully saturated rings. The third-order valence-electron chi connectivity index (χ3n) is 3.43. The van der Waals surface area contributed by atoms with Crippen LogP contribution in [0.1, 0.15) is 50.3 Å². The number of nitrogens with two attached hydrogens (primary N) is 1. The second kappa shape index (κ2) is 5.87. The van der Waals surface area contributed by atoms with Gasteiger partial charge in [-0.15, -0.1) is 11.3 Å². The first-order valence-electron chi connectivity index (χ1n) is 7.06. The van der Waals surface area contributed by atoms with E-state index in [1.807, 2.05) is 11.6 Å². The monoisotopic (exact) mass is 292 g/mol. The Bertz CT molecular complexity index is 555. The lowest BCUT2D eigenvalue weighted by molar-refractivity contribution is 0.511. The van der Waals surface area contributed by atoms with Gasteiger partial charge in [-0.3, -0.25) is 0 Å². The molecule has 0 aromatic carbocycles. The van der Waals surface area contributed by atoms with Gasteiger partial charge in [-0.25, -0.2) is 4.68 Å². The first-order chi connectivity index (χ1) is 9.41. The van der Waals surface area contributed by atoms with Crippen molar-refractivity contribution < 1.29 is 0 Å². The summed E-state index contributed by atoms with van der Waals surface area (Å²) in [7, 11) is 0. The van der Waals surface area contributed by atoms with Gasteiger partial charge >= 0.3 is 0 Å². The van der Waals surface area contributed by atoms with Crippen LogP contribution >= 0.6 is 11.3 Å². The molecule has 0 amide bonds. The summed E-state index contributed by atoms with van der Waals surface area (Å²) in [5.74, 6) is 1.41. The van der Waals surface area contributed by atoms with Gasteiger partial charge in [-0.1, -0.05) is 19.9 Å². The number of anilines is 2. The fraction of sp³-hybridized carbons (Fsp3) is 0.533. The van der Waals surface area contributed by atoms with Crippen molar-refractivity contribution in [1.82, 2.24) is 9.78 Å². The lowest BCUT2D eigenvalue weighted by Crippen LogP contribution is -2.19. The molecule has 0 saturated carbocycles. The number of nitrogens with one attached hydrogen (secondary N) is 1. The molecule has 2 rings (SSSR count). The highest BCUT2D eigenvalue weighted by atomic mass is 32.1. The Balaban J connectivity index is 2.36. The van der Waals surface area contributed by atoms with Gasteiger partial charge < -0.3 is 11.1 Å². The molecule has 20 heavy (non-hydrogen) atoms. The van der Waals surface area contributed by atoms with Crippen molar-refractivity contribution in [3.63, 3.8) is 0 Å². The number of aryl methyl sites for hydroxylation is 1. The van der Waals surface area contributed by atoms with E-state index in [-0.39, 0.29) is 12.1 Å². The molecule has 0 radical (unpaired) electrons. The van der Waals surface area contributed by atoms with Crippen molar-refractivity contribution in [3.05, 3.63) is 28.1 Å². The highest BCUT2D eigenvalue weighted by Gasteiger charge is 2.22. The van der Waals surface area contributed by atoms with Crippen LogP contribution in [0, 0.1) is 12.8 Å². The van der Waals surface area contributed by atoms with Gasteiger partial charge in [0.1, 0.15) is 5.82 Å². The summed E-state index contributed by atoms with van der Waals surface area (Å²) in [6.07, 6.45) is 0. The smallest absolute Gasteiger partial charge is 0.148 e. The summed E-state index contributed by atoms with van der Waals surface area (Å²) in [5, 5.41) is 10.3. The van der Waals surface area contributed by atoms with Crippen LogP contribution in [0.5, 0.6) is 0 Å². The molecule has 2 aromatic heterocycles. The molecule has 2 aromatic rings. The molecule has 110 valence electrons. The first kappa shape index (κ1) is 14.9. The average Bonchev–Trinajstić information content (AvgIpc) is 2.97. The molecule has 1 unspecified atom stereocenters. The molecule has 0 saturated heterocycles. The van der Waals surface area contributed by atoms with Crippen LogP contribution in [-0.4, -0.2) is 9.78 Å². The summed E-state index contributed by atoms with van der Waals surface area (Å²) in [6, 6.07) is 4.79. The van der Waals surface area contributed by atoms with Crippen LogP contribution < -0.4 is 11.1 Å². The zero-order chi connectivity index (χ0) is 14.9. The lowest BCUT2D eigenvalue weighted by atomic mass is 10.0. The number of thiophene rings is 1. The number of nitrogens with zero attached hydrogens (tertiary/aromatic N) is 2. The number of hydrogen-bond acceptors (Lipinski definition) is 4. The van der Waals surface area contributed by atoms with Crippen molar-refractivity contribution in [2.45, 2.75) is 46.7 Å². The number of aromatic nitrogens is 2. The minimum Gasteiger partial charge on any atom is -0.394 e. The molecule has 0 aliphatic rings. The van der Waals surface area contributed by atoms with Crippen LogP contribution in [-0.2, 0) is 0 Å². The highest BCUT2D eigenvalue weighted by molar-refractivity contribution is 7.10. The molecular formula is C15H24N4S. The zero-order valence-corrected chi connectivity index (χ0v) is 13.7. The standard InChI is InChI=1S/C15H24N4S/c1-9(2)14(12-7-6-8-20-12)17-15-13(16)11(5)18-19(15)10(3)4/h6-10,14,17H,16H2,1-5H3. The van der Waals surface area contributed by atoms with Crippen LogP contribution in [0.2, 0.25) is 0 Å². The third kappa shape index (κ3) is 2.82. The second-order valence-corrected chi connectivity index (χ2v) is 6.75. The molecule has 2 heterocycles.